The van der Waals surface area contributed by atoms with Gasteiger partial charge in [0.1, 0.15) is 10.6 Å². The van der Waals surface area contributed by atoms with Gasteiger partial charge in [0.2, 0.25) is 0 Å². The van der Waals surface area contributed by atoms with Crippen LogP contribution in [-0.4, -0.2) is 9.55 Å². The monoisotopic (exact) mass is 354 g/mol. The van der Waals surface area contributed by atoms with E-state index in [1.54, 1.807) is 23.6 Å². The van der Waals surface area contributed by atoms with Gasteiger partial charge in [0, 0.05) is 0 Å². The molecule has 0 saturated heterocycles. The van der Waals surface area contributed by atoms with Crippen LogP contribution in [0.5, 0.6) is 0 Å². The lowest BCUT2D eigenvalue weighted by atomic mass is 10.2. The van der Waals surface area contributed by atoms with Crippen molar-refractivity contribution in [2.75, 3.05) is 0 Å². The zero-order valence-electron chi connectivity index (χ0n) is 10.0. The number of hydrogen-bond acceptors (Lipinski definition) is 3. The smallest absolute Gasteiger partial charge is 0.280 e. The van der Waals surface area contributed by atoms with Crippen LogP contribution in [0.2, 0.25) is 0 Å². The van der Waals surface area contributed by atoms with Crippen LogP contribution in [0.15, 0.2) is 43.7 Å². The Balaban J connectivity index is 2.15. The second-order valence-electron chi connectivity index (χ2n) is 4.23. The quantitative estimate of drug-likeness (QED) is 0.769. The van der Waals surface area contributed by atoms with Gasteiger partial charge in [-0.05, 0) is 45.1 Å². The molecular weight excluding hydrogens is 347 g/mol. The summed E-state index contributed by atoms with van der Waals surface area (Å²) in [5, 5.41) is 2.24. The van der Waals surface area contributed by atoms with Gasteiger partial charge in [0.25, 0.3) is 5.56 Å². The summed E-state index contributed by atoms with van der Waals surface area (Å²) >= 11 is 4.44. The first-order valence-electron chi connectivity index (χ1n) is 5.70. The van der Waals surface area contributed by atoms with Crippen molar-refractivity contribution < 1.29 is 4.39 Å². The molecule has 0 fully saturated rings. The maximum Gasteiger partial charge on any atom is 0.329 e. The van der Waals surface area contributed by atoms with Gasteiger partial charge in [-0.3, -0.25) is 14.3 Å². The summed E-state index contributed by atoms with van der Waals surface area (Å²) in [7, 11) is 0. The van der Waals surface area contributed by atoms with E-state index < -0.39 is 5.69 Å². The third kappa shape index (κ3) is 2.23. The van der Waals surface area contributed by atoms with Crippen molar-refractivity contribution in [3.8, 4) is 0 Å². The highest BCUT2D eigenvalue weighted by Crippen LogP contribution is 2.20. The fourth-order valence-corrected chi connectivity index (χ4v) is 3.29. The average Bonchev–Trinajstić information content (AvgIpc) is 2.88. The molecule has 102 valence electrons. The summed E-state index contributed by atoms with van der Waals surface area (Å²) < 4.78 is 15.0. The van der Waals surface area contributed by atoms with Crippen LogP contribution < -0.4 is 11.2 Å². The molecule has 0 saturated carbocycles. The molecule has 0 aliphatic carbocycles. The number of halogens is 2. The normalized spacial score (nSPS) is 11.1. The highest BCUT2D eigenvalue weighted by Gasteiger charge is 2.10. The number of rotatable bonds is 2. The third-order valence-electron chi connectivity index (χ3n) is 2.92. The lowest BCUT2D eigenvalue weighted by molar-refractivity contribution is 0.619. The summed E-state index contributed by atoms with van der Waals surface area (Å²) in [4.78, 5) is 26.5. The topological polar surface area (TPSA) is 54.9 Å². The number of nitrogens with zero attached hydrogens (tertiary/aromatic N) is 1. The first kappa shape index (κ1) is 13.3. The molecule has 0 spiro atoms. The van der Waals surface area contributed by atoms with Gasteiger partial charge in [-0.2, -0.15) is 0 Å². The number of aromatic amines is 1. The Bertz CT molecular complexity index is 913. The molecule has 0 atom stereocenters. The van der Waals surface area contributed by atoms with E-state index in [-0.39, 0.29) is 17.9 Å². The van der Waals surface area contributed by atoms with E-state index in [2.05, 4.69) is 20.9 Å². The fourth-order valence-electron chi connectivity index (χ4n) is 1.97. The van der Waals surface area contributed by atoms with Crippen molar-refractivity contribution >= 4 is 37.5 Å². The van der Waals surface area contributed by atoms with Crippen molar-refractivity contribution in [3.05, 3.63) is 66.3 Å². The van der Waals surface area contributed by atoms with Gasteiger partial charge in [0.15, 0.2) is 0 Å². The zero-order chi connectivity index (χ0) is 14.3. The van der Waals surface area contributed by atoms with Gasteiger partial charge < -0.3 is 0 Å². The Hall–Kier alpha value is -1.73. The molecule has 0 unspecified atom stereocenters. The Labute approximate surface area is 124 Å². The molecule has 1 aromatic carbocycles. The highest BCUT2D eigenvalue weighted by atomic mass is 79.9. The van der Waals surface area contributed by atoms with Crippen LogP contribution in [-0.2, 0) is 6.54 Å². The van der Waals surface area contributed by atoms with Gasteiger partial charge in [-0.15, -0.1) is 11.3 Å². The van der Waals surface area contributed by atoms with E-state index in [4.69, 9.17) is 0 Å². The molecule has 0 bridgehead atoms. The number of hydrogen-bond donors (Lipinski definition) is 1. The van der Waals surface area contributed by atoms with E-state index in [1.165, 1.54) is 22.0 Å². The van der Waals surface area contributed by atoms with Gasteiger partial charge in [-0.1, -0.05) is 6.07 Å². The van der Waals surface area contributed by atoms with Crippen LogP contribution in [0.25, 0.3) is 10.2 Å². The standard InChI is InChI=1S/C13H8BrFN2O2S/c14-9-5-7(1-2-10(9)15)6-17-12-8(3-4-20-12)11(18)16-13(17)19/h1-5H,6H2,(H,16,18,19). The molecule has 0 radical (unpaired) electrons. The van der Waals surface area contributed by atoms with Crippen molar-refractivity contribution in [1.82, 2.24) is 9.55 Å². The lowest BCUT2D eigenvalue weighted by Gasteiger charge is -2.07. The molecule has 2 heterocycles. The van der Waals surface area contributed by atoms with Crippen molar-refractivity contribution in [2.45, 2.75) is 6.54 Å². The van der Waals surface area contributed by atoms with E-state index in [1.807, 2.05) is 0 Å². The van der Waals surface area contributed by atoms with E-state index >= 15 is 0 Å². The Morgan fingerprint density at radius 3 is 2.85 bits per heavy atom. The van der Waals surface area contributed by atoms with Crippen molar-refractivity contribution in [3.63, 3.8) is 0 Å². The SMILES string of the molecule is O=c1[nH]c(=O)n(Cc2ccc(F)c(Br)c2)c2sccc12. The molecule has 2 aromatic heterocycles. The third-order valence-corrected chi connectivity index (χ3v) is 4.47. The molecule has 7 heteroatoms. The molecule has 0 aliphatic heterocycles. The fraction of sp³-hybridized carbons (Fsp3) is 0.0769. The van der Waals surface area contributed by atoms with Crippen LogP contribution >= 0.6 is 27.3 Å². The summed E-state index contributed by atoms with van der Waals surface area (Å²) in [6.07, 6.45) is 0. The molecule has 3 rings (SSSR count). The Morgan fingerprint density at radius 1 is 1.30 bits per heavy atom. The van der Waals surface area contributed by atoms with E-state index in [0.717, 1.165) is 5.56 Å². The zero-order valence-corrected chi connectivity index (χ0v) is 12.4. The maximum absolute atomic E-state index is 13.2. The van der Waals surface area contributed by atoms with Crippen LogP contribution in [0.3, 0.4) is 0 Å². The van der Waals surface area contributed by atoms with Crippen molar-refractivity contribution in [1.29, 1.82) is 0 Å². The average molecular weight is 355 g/mol. The molecule has 0 aliphatic rings. The van der Waals surface area contributed by atoms with Crippen LogP contribution in [0.4, 0.5) is 4.39 Å². The minimum Gasteiger partial charge on any atom is -0.280 e. The summed E-state index contributed by atoms with van der Waals surface area (Å²) in [5.41, 5.74) is -0.0877. The number of thiophene rings is 1. The molecule has 3 aromatic rings. The van der Waals surface area contributed by atoms with Gasteiger partial charge in [0.05, 0.1) is 16.4 Å². The highest BCUT2D eigenvalue weighted by molar-refractivity contribution is 9.10. The number of fused-ring (bicyclic) bond motifs is 1. The van der Waals surface area contributed by atoms with Crippen LogP contribution in [0, 0.1) is 5.82 Å². The molecule has 4 nitrogen and oxygen atoms in total. The molecule has 0 amide bonds. The Morgan fingerprint density at radius 2 is 2.10 bits per heavy atom. The maximum atomic E-state index is 13.2. The second-order valence-corrected chi connectivity index (χ2v) is 5.98. The Kier molecular flexibility index (Phi) is 3.31. The first-order chi connectivity index (χ1) is 9.56. The van der Waals surface area contributed by atoms with Gasteiger partial charge >= 0.3 is 5.69 Å². The predicted molar refractivity (Wildman–Crippen MR) is 79.9 cm³/mol. The predicted octanol–water partition coefficient (Wildman–Crippen LogP) is 2.70. The first-order valence-corrected chi connectivity index (χ1v) is 7.38. The molecular formula is C13H8BrFN2O2S. The second kappa shape index (κ2) is 4.99. The van der Waals surface area contributed by atoms with Crippen LogP contribution in [0.1, 0.15) is 5.56 Å². The van der Waals surface area contributed by atoms with Gasteiger partial charge in [-0.25, -0.2) is 9.18 Å². The summed E-state index contributed by atoms with van der Waals surface area (Å²) in [5.74, 6) is -0.358. The number of aromatic nitrogens is 2. The van der Waals surface area contributed by atoms with Crippen molar-refractivity contribution in [2.24, 2.45) is 0 Å². The lowest BCUT2D eigenvalue weighted by Crippen LogP contribution is -2.29. The van der Waals surface area contributed by atoms with E-state index in [0.29, 0.717) is 14.7 Å². The summed E-state index contributed by atoms with van der Waals surface area (Å²) in [6.45, 7) is 0.269. The summed E-state index contributed by atoms with van der Waals surface area (Å²) in [6, 6.07) is 6.24. The largest absolute Gasteiger partial charge is 0.329 e. The number of benzene rings is 1. The minimum atomic E-state index is -0.467. The minimum absolute atomic E-state index is 0.269. The van der Waals surface area contributed by atoms with E-state index in [9.17, 15) is 14.0 Å². The molecule has 20 heavy (non-hydrogen) atoms. The molecule has 1 N–H and O–H groups in total. The number of nitrogens with one attached hydrogen (secondary N) is 1. The number of H-pyrrole nitrogens is 1.